The van der Waals surface area contributed by atoms with Gasteiger partial charge < -0.3 is 9.47 Å². The van der Waals surface area contributed by atoms with Gasteiger partial charge in [0.25, 0.3) is 0 Å². The van der Waals surface area contributed by atoms with E-state index in [2.05, 4.69) is 0 Å². The topological polar surface area (TPSA) is 52.6 Å². The van der Waals surface area contributed by atoms with Gasteiger partial charge in [-0.25, -0.2) is 9.59 Å². The van der Waals surface area contributed by atoms with E-state index in [9.17, 15) is 9.59 Å². The van der Waals surface area contributed by atoms with Crippen molar-refractivity contribution in [2.24, 2.45) is 0 Å². The average molecular weight is 351 g/mol. The number of cyclic esters (lactones) is 2. The van der Waals surface area contributed by atoms with E-state index in [0.717, 1.165) is 33.6 Å². The van der Waals surface area contributed by atoms with Crippen LogP contribution in [0.1, 0.15) is 37.4 Å². The summed E-state index contributed by atoms with van der Waals surface area (Å²) in [5, 5.41) is 2.27. The van der Waals surface area contributed by atoms with Gasteiger partial charge in [0, 0.05) is 17.0 Å². The third-order valence-corrected chi connectivity index (χ3v) is 5.21. The van der Waals surface area contributed by atoms with Gasteiger partial charge in [0.05, 0.1) is 11.1 Å². The second-order valence-electron chi connectivity index (χ2n) is 6.29. The lowest BCUT2D eigenvalue weighted by Crippen LogP contribution is -2.05. The van der Waals surface area contributed by atoms with Crippen LogP contribution in [0.5, 0.6) is 11.5 Å². The molecule has 0 saturated carbocycles. The molecule has 5 heteroatoms. The van der Waals surface area contributed by atoms with Crippen molar-refractivity contribution in [3.63, 3.8) is 0 Å². The van der Waals surface area contributed by atoms with Crippen molar-refractivity contribution < 1.29 is 19.1 Å². The number of carbonyl (C=O) groups excluding carboxylic acids is 2. The molecule has 0 spiro atoms. The van der Waals surface area contributed by atoms with Gasteiger partial charge in [0.2, 0.25) is 0 Å². The molecule has 0 unspecified atom stereocenters. The molecule has 2 heterocycles. The number of ether oxygens (including phenoxy) is 2. The first-order valence-corrected chi connectivity index (χ1v) is 8.22. The highest BCUT2D eigenvalue weighted by Gasteiger charge is 2.32. The van der Waals surface area contributed by atoms with E-state index >= 15 is 0 Å². The molecule has 0 atom stereocenters. The minimum absolute atomic E-state index is 0.317. The van der Waals surface area contributed by atoms with E-state index < -0.39 is 11.9 Å². The predicted molar refractivity (Wildman–Crippen MR) is 92.8 cm³/mol. The summed E-state index contributed by atoms with van der Waals surface area (Å²) >= 11 is 6.20. The molecule has 2 aliphatic rings. The van der Waals surface area contributed by atoms with Crippen molar-refractivity contribution in [3.8, 4) is 11.5 Å². The van der Waals surface area contributed by atoms with Crippen LogP contribution in [-0.4, -0.2) is 11.9 Å². The van der Waals surface area contributed by atoms with Crippen molar-refractivity contribution >= 4 is 34.3 Å². The monoisotopic (exact) mass is 350 g/mol. The molecule has 3 aromatic rings. The highest BCUT2D eigenvalue weighted by atomic mass is 35.5. The van der Waals surface area contributed by atoms with E-state index in [1.165, 1.54) is 0 Å². The Morgan fingerprint density at radius 3 is 2.56 bits per heavy atom. The molecule has 0 aliphatic carbocycles. The molecule has 0 radical (unpaired) electrons. The third-order valence-electron chi connectivity index (χ3n) is 4.81. The summed E-state index contributed by atoms with van der Waals surface area (Å²) in [7, 11) is 0. The number of fused-ring (bicyclic) bond motifs is 6. The Hall–Kier alpha value is -2.85. The smallest absolute Gasteiger partial charge is 0.347 e. The maximum atomic E-state index is 12.0. The van der Waals surface area contributed by atoms with Gasteiger partial charge in [-0.2, -0.15) is 0 Å². The number of rotatable bonds is 0. The Morgan fingerprint density at radius 2 is 1.72 bits per heavy atom. The largest absolute Gasteiger partial charge is 0.457 e. The molecule has 2 aliphatic heterocycles. The van der Waals surface area contributed by atoms with Crippen molar-refractivity contribution in [2.75, 3.05) is 0 Å². The molecule has 5 rings (SSSR count). The van der Waals surface area contributed by atoms with Gasteiger partial charge in [-0.1, -0.05) is 23.7 Å². The van der Waals surface area contributed by atoms with Crippen molar-refractivity contribution in [1.29, 1.82) is 0 Å². The summed E-state index contributed by atoms with van der Waals surface area (Å²) < 4.78 is 10.8. The number of hydrogen-bond acceptors (Lipinski definition) is 4. The van der Waals surface area contributed by atoms with E-state index in [1.807, 2.05) is 31.2 Å². The van der Waals surface area contributed by atoms with Crippen molar-refractivity contribution in [2.45, 2.75) is 13.3 Å². The first kappa shape index (κ1) is 14.5. The SMILES string of the molecule is Cc1cc2c(cc1Cl)Oc1ccc3c4c(ccc3c1C2)C(=O)OC4=O. The molecule has 0 N–H and O–H groups in total. The minimum atomic E-state index is -0.592. The lowest BCUT2D eigenvalue weighted by atomic mass is 9.91. The standard InChI is InChI=1S/C20H11ClO4/c1-9-6-10-7-14-11-2-3-13-18(20(23)25-19(13)22)12(11)4-5-16(14)24-17(10)8-15(9)21/h2-6,8H,7H2,1H3. The highest BCUT2D eigenvalue weighted by Crippen LogP contribution is 2.43. The fourth-order valence-electron chi connectivity index (χ4n) is 3.57. The van der Waals surface area contributed by atoms with E-state index in [-0.39, 0.29) is 0 Å². The van der Waals surface area contributed by atoms with E-state index in [0.29, 0.717) is 28.0 Å². The van der Waals surface area contributed by atoms with Gasteiger partial charge in [0.1, 0.15) is 11.5 Å². The third kappa shape index (κ3) is 1.94. The first-order valence-electron chi connectivity index (χ1n) is 7.85. The summed E-state index contributed by atoms with van der Waals surface area (Å²) in [6.45, 7) is 1.95. The minimum Gasteiger partial charge on any atom is -0.457 e. The molecule has 0 saturated heterocycles. The predicted octanol–water partition coefficient (Wildman–Crippen LogP) is 4.81. The molecule has 25 heavy (non-hydrogen) atoms. The maximum absolute atomic E-state index is 12.0. The Bertz CT molecular complexity index is 1130. The number of aryl methyl sites for hydroxylation is 1. The Balaban J connectivity index is 1.75. The van der Waals surface area contributed by atoms with Crippen LogP contribution in [-0.2, 0) is 11.2 Å². The second kappa shape index (κ2) is 4.83. The number of halogens is 1. The molecule has 4 nitrogen and oxygen atoms in total. The number of esters is 2. The molecule has 0 fully saturated rings. The zero-order chi connectivity index (χ0) is 17.3. The molecule has 0 bridgehead atoms. The number of benzene rings is 3. The Morgan fingerprint density at radius 1 is 0.920 bits per heavy atom. The molecular weight excluding hydrogens is 340 g/mol. The highest BCUT2D eigenvalue weighted by molar-refractivity contribution is 6.31. The summed E-state index contributed by atoms with van der Waals surface area (Å²) in [5.74, 6) is 0.299. The summed E-state index contributed by atoms with van der Waals surface area (Å²) in [4.78, 5) is 23.8. The van der Waals surface area contributed by atoms with Crippen LogP contribution in [0, 0.1) is 6.92 Å². The van der Waals surface area contributed by atoms with Crippen molar-refractivity contribution in [1.82, 2.24) is 0 Å². The fraction of sp³-hybridized carbons (Fsp3) is 0.100. The van der Waals surface area contributed by atoms with Crippen LogP contribution in [0.2, 0.25) is 5.02 Å². The normalized spacial score (nSPS) is 14.6. The van der Waals surface area contributed by atoms with Gasteiger partial charge in [-0.15, -0.1) is 0 Å². The van der Waals surface area contributed by atoms with E-state index in [4.69, 9.17) is 21.1 Å². The fourth-order valence-corrected chi connectivity index (χ4v) is 3.73. The zero-order valence-corrected chi connectivity index (χ0v) is 13.9. The maximum Gasteiger partial charge on any atom is 0.347 e. The van der Waals surface area contributed by atoms with Crippen LogP contribution in [0.3, 0.4) is 0 Å². The van der Waals surface area contributed by atoms with Crippen LogP contribution < -0.4 is 4.74 Å². The van der Waals surface area contributed by atoms with Gasteiger partial charge >= 0.3 is 11.9 Å². The zero-order valence-electron chi connectivity index (χ0n) is 13.2. The second-order valence-corrected chi connectivity index (χ2v) is 6.70. The summed E-state index contributed by atoms with van der Waals surface area (Å²) in [5.41, 5.74) is 3.67. The van der Waals surface area contributed by atoms with Crippen LogP contribution in [0.15, 0.2) is 36.4 Å². The quantitative estimate of drug-likeness (QED) is 0.337. The lowest BCUT2D eigenvalue weighted by Gasteiger charge is -2.23. The lowest BCUT2D eigenvalue weighted by molar-refractivity contribution is 0.0444. The molecule has 122 valence electrons. The van der Waals surface area contributed by atoms with Gasteiger partial charge in [-0.3, -0.25) is 0 Å². The Labute approximate surface area is 147 Å². The van der Waals surface area contributed by atoms with Crippen LogP contribution in [0.25, 0.3) is 10.8 Å². The van der Waals surface area contributed by atoms with Crippen LogP contribution >= 0.6 is 11.6 Å². The molecule has 0 amide bonds. The number of carbonyl (C=O) groups is 2. The molecule has 3 aromatic carbocycles. The van der Waals surface area contributed by atoms with E-state index in [1.54, 1.807) is 12.1 Å². The molecular formula is C20H11ClO4. The van der Waals surface area contributed by atoms with Gasteiger partial charge in [-0.05, 0) is 53.1 Å². The van der Waals surface area contributed by atoms with Gasteiger partial charge in [0.15, 0.2) is 0 Å². The van der Waals surface area contributed by atoms with Crippen LogP contribution in [0.4, 0.5) is 0 Å². The van der Waals surface area contributed by atoms with Crippen molar-refractivity contribution in [3.05, 3.63) is 69.2 Å². The summed E-state index contributed by atoms with van der Waals surface area (Å²) in [6.07, 6.45) is 0.668. The Kier molecular flexibility index (Phi) is 2.80. The average Bonchev–Trinajstić information content (AvgIpc) is 2.88. The summed E-state index contributed by atoms with van der Waals surface area (Å²) in [6, 6.07) is 11.0. The molecule has 0 aromatic heterocycles. The number of hydrogen-bond donors (Lipinski definition) is 0. The first-order chi connectivity index (χ1) is 12.0.